The standard InChI is InChI=1S/C19H23N5O2S/c1-13-10-15(19(3,4)5)11-14(2)18(13)27(25,26)21-16-6-8-17(9-7-16)24-12-20-22-23-24/h6-12,21H,1-5H3. The van der Waals surface area contributed by atoms with E-state index in [2.05, 4.69) is 41.0 Å². The Morgan fingerprint density at radius 2 is 1.59 bits per heavy atom. The lowest BCUT2D eigenvalue weighted by molar-refractivity contribution is 0.585. The first-order valence-corrected chi connectivity index (χ1v) is 10.0. The van der Waals surface area contributed by atoms with Crippen molar-refractivity contribution in [2.24, 2.45) is 0 Å². The van der Waals surface area contributed by atoms with E-state index in [9.17, 15) is 8.42 Å². The summed E-state index contributed by atoms with van der Waals surface area (Å²) in [6.07, 6.45) is 1.47. The van der Waals surface area contributed by atoms with E-state index in [0.717, 1.165) is 22.4 Å². The van der Waals surface area contributed by atoms with Crippen molar-refractivity contribution in [1.29, 1.82) is 0 Å². The molecule has 0 spiro atoms. The minimum Gasteiger partial charge on any atom is -0.280 e. The third-order valence-electron chi connectivity index (χ3n) is 4.33. The van der Waals surface area contributed by atoms with Crippen LogP contribution in [-0.2, 0) is 15.4 Å². The molecule has 0 aliphatic carbocycles. The molecule has 1 heterocycles. The molecule has 0 unspecified atom stereocenters. The van der Waals surface area contributed by atoms with Crippen LogP contribution in [-0.4, -0.2) is 28.6 Å². The third-order valence-corrected chi connectivity index (χ3v) is 6.01. The molecular weight excluding hydrogens is 362 g/mol. The maximum absolute atomic E-state index is 13.0. The van der Waals surface area contributed by atoms with Crippen LogP contribution >= 0.6 is 0 Å². The lowest BCUT2D eigenvalue weighted by atomic mass is 9.85. The molecule has 0 aliphatic rings. The Hall–Kier alpha value is -2.74. The quantitative estimate of drug-likeness (QED) is 0.744. The van der Waals surface area contributed by atoms with Gasteiger partial charge in [-0.3, -0.25) is 4.72 Å². The summed E-state index contributed by atoms with van der Waals surface area (Å²) in [6.45, 7) is 9.99. The van der Waals surface area contributed by atoms with E-state index >= 15 is 0 Å². The number of anilines is 1. The summed E-state index contributed by atoms with van der Waals surface area (Å²) in [6, 6.07) is 10.8. The second-order valence-corrected chi connectivity index (χ2v) is 9.22. The largest absolute Gasteiger partial charge is 0.280 e. The number of benzene rings is 2. The van der Waals surface area contributed by atoms with E-state index in [-0.39, 0.29) is 5.41 Å². The van der Waals surface area contributed by atoms with Gasteiger partial charge in [0, 0.05) is 5.69 Å². The molecule has 0 saturated carbocycles. The fourth-order valence-corrected chi connectivity index (χ4v) is 4.49. The Morgan fingerprint density at radius 3 is 2.07 bits per heavy atom. The van der Waals surface area contributed by atoms with Crippen LogP contribution in [0, 0.1) is 13.8 Å². The average Bonchev–Trinajstić information content (AvgIpc) is 3.07. The van der Waals surface area contributed by atoms with Crippen molar-refractivity contribution >= 4 is 15.7 Å². The number of tetrazole rings is 1. The number of sulfonamides is 1. The van der Waals surface area contributed by atoms with Crippen molar-refractivity contribution in [3.8, 4) is 5.69 Å². The van der Waals surface area contributed by atoms with Crippen molar-refractivity contribution in [3.63, 3.8) is 0 Å². The van der Waals surface area contributed by atoms with E-state index in [1.165, 1.54) is 11.0 Å². The van der Waals surface area contributed by atoms with Crippen molar-refractivity contribution in [1.82, 2.24) is 20.2 Å². The molecule has 1 aromatic heterocycles. The maximum Gasteiger partial charge on any atom is 0.262 e. The van der Waals surface area contributed by atoms with E-state index in [1.807, 2.05) is 26.0 Å². The zero-order valence-corrected chi connectivity index (χ0v) is 16.9. The van der Waals surface area contributed by atoms with Gasteiger partial charge in [0.15, 0.2) is 0 Å². The van der Waals surface area contributed by atoms with Crippen molar-refractivity contribution in [2.75, 3.05) is 4.72 Å². The van der Waals surface area contributed by atoms with Gasteiger partial charge >= 0.3 is 0 Å². The molecule has 142 valence electrons. The second kappa shape index (κ2) is 6.77. The van der Waals surface area contributed by atoms with Gasteiger partial charge in [0.25, 0.3) is 10.0 Å². The zero-order valence-electron chi connectivity index (χ0n) is 16.1. The highest BCUT2D eigenvalue weighted by Gasteiger charge is 2.23. The smallest absolute Gasteiger partial charge is 0.262 e. The van der Waals surface area contributed by atoms with Crippen molar-refractivity contribution in [2.45, 2.75) is 44.9 Å². The number of nitrogens with zero attached hydrogens (tertiary/aromatic N) is 4. The van der Waals surface area contributed by atoms with Gasteiger partial charge < -0.3 is 0 Å². The minimum atomic E-state index is -3.70. The van der Waals surface area contributed by atoms with Crippen LogP contribution in [0.4, 0.5) is 5.69 Å². The Balaban J connectivity index is 1.91. The van der Waals surface area contributed by atoms with Gasteiger partial charge in [-0.15, -0.1) is 5.10 Å². The third kappa shape index (κ3) is 4.00. The summed E-state index contributed by atoms with van der Waals surface area (Å²) in [5.41, 5.74) is 3.75. The summed E-state index contributed by atoms with van der Waals surface area (Å²) in [4.78, 5) is 0.319. The normalized spacial score (nSPS) is 12.2. The Labute approximate surface area is 159 Å². The molecule has 0 saturated heterocycles. The van der Waals surface area contributed by atoms with Crippen LogP contribution in [0.25, 0.3) is 5.69 Å². The van der Waals surface area contributed by atoms with Gasteiger partial charge in [0.1, 0.15) is 6.33 Å². The molecule has 0 bridgehead atoms. The number of aromatic nitrogens is 4. The molecular formula is C19H23N5O2S. The van der Waals surface area contributed by atoms with E-state index in [1.54, 1.807) is 24.3 Å². The Morgan fingerprint density at radius 1 is 1.00 bits per heavy atom. The minimum absolute atomic E-state index is 0.0444. The number of hydrogen-bond acceptors (Lipinski definition) is 5. The van der Waals surface area contributed by atoms with Gasteiger partial charge in [-0.1, -0.05) is 32.9 Å². The predicted octanol–water partition coefficient (Wildman–Crippen LogP) is 3.38. The summed E-state index contributed by atoms with van der Waals surface area (Å²) in [5.74, 6) is 0. The second-order valence-electron chi connectivity index (χ2n) is 7.60. The van der Waals surface area contributed by atoms with Gasteiger partial charge in [0.05, 0.1) is 10.6 Å². The molecule has 2 aromatic carbocycles. The summed E-state index contributed by atoms with van der Waals surface area (Å²) in [5, 5.41) is 11.0. The molecule has 1 N–H and O–H groups in total. The highest BCUT2D eigenvalue weighted by molar-refractivity contribution is 7.92. The lowest BCUT2D eigenvalue weighted by Gasteiger charge is -2.22. The van der Waals surface area contributed by atoms with Gasteiger partial charge in [-0.25, -0.2) is 13.1 Å². The number of hydrogen-bond donors (Lipinski definition) is 1. The number of aryl methyl sites for hydroxylation is 2. The fraction of sp³-hybridized carbons (Fsp3) is 0.316. The first-order valence-electron chi connectivity index (χ1n) is 8.56. The van der Waals surface area contributed by atoms with Gasteiger partial charge in [-0.05, 0) is 70.6 Å². The highest BCUT2D eigenvalue weighted by atomic mass is 32.2. The molecule has 27 heavy (non-hydrogen) atoms. The number of nitrogens with one attached hydrogen (secondary N) is 1. The molecule has 3 aromatic rings. The molecule has 0 amide bonds. The first kappa shape index (κ1) is 19.0. The van der Waals surface area contributed by atoms with Crippen LogP contribution in [0.3, 0.4) is 0 Å². The van der Waals surface area contributed by atoms with Crippen LogP contribution in [0.5, 0.6) is 0 Å². The first-order chi connectivity index (χ1) is 12.6. The SMILES string of the molecule is Cc1cc(C(C)(C)C)cc(C)c1S(=O)(=O)Nc1ccc(-n2cnnn2)cc1. The van der Waals surface area contributed by atoms with Crippen molar-refractivity contribution < 1.29 is 8.42 Å². The molecule has 0 radical (unpaired) electrons. The number of rotatable bonds is 4. The van der Waals surface area contributed by atoms with Gasteiger partial charge in [0.2, 0.25) is 0 Å². The summed E-state index contributed by atoms with van der Waals surface area (Å²) < 4.78 is 30.1. The fourth-order valence-electron chi connectivity index (χ4n) is 2.98. The molecule has 0 atom stereocenters. The lowest BCUT2D eigenvalue weighted by Crippen LogP contribution is -2.18. The average molecular weight is 385 g/mol. The molecule has 0 fully saturated rings. The topological polar surface area (TPSA) is 89.8 Å². The molecule has 0 aliphatic heterocycles. The predicted molar refractivity (Wildman–Crippen MR) is 105 cm³/mol. The summed E-state index contributed by atoms with van der Waals surface area (Å²) in [7, 11) is -3.70. The van der Waals surface area contributed by atoms with E-state index in [0.29, 0.717) is 10.6 Å². The van der Waals surface area contributed by atoms with Crippen LogP contribution in [0.1, 0.15) is 37.5 Å². The van der Waals surface area contributed by atoms with Gasteiger partial charge in [-0.2, -0.15) is 0 Å². The monoisotopic (exact) mass is 385 g/mol. The van der Waals surface area contributed by atoms with Crippen molar-refractivity contribution in [3.05, 3.63) is 59.4 Å². The zero-order chi connectivity index (χ0) is 19.8. The van der Waals surface area contributed by atoms with E-state index < -0.39 is 10.0 Å². The molecule has 7 nitrogen and oxygen atoms in total. The van der Waals surface area contributed by atoms with Crippen LogP contribution < -0.4 is 4.72 Å². The van der Waals surface area contributed by atoms with E-state index in [4.69, 9.17) is 0 Å². The highest BCUT2D eigenvalue weighted by Crippen LogP contribution is 2.30. The maximum atomic E-state index is 13.0. The van der Waals surface area contributed by atoms with Crippen LogP contribution in [0.15, 0.2) is 47.6 Å². The van der Waals surface area contributed by atoms with Crippen LogP contribution in [0.2, 0.25) is 0 Å². The molecule has 8 heteroatoms. The Bertz CT molecular complexity index is 1030. The molecule has 3 rings (SSSR count). The Kier molecular flexibility index (Phi) is 4.77. The summed E-state index contributed by atoms with van der Waals surface area (Å²) >= 11 is 0.